The SMILES string of the molecule is CCOC(=O)c1nc(Nc2ccc(F)c(F)c2)c2c(-c3ccccc3Cl)noc2n1. The summed E-state index contributed by atoms with van der Waals surface area (Å²) in [5.41, 5.74) is 1.04. The molecule has 0 bridgehead atoms. The number of rotatable bonds is 5. The van der Waals surface area contributed by atoms with E-state index in [2.05, 4.69) is 20.4 Å². The van der Waals surface area contributed by atoms with Crippen LogP contribution < -0.4 is 5.32 Å². The van der Waals surface area contributed by atoms with Gasteiger partial charge in [0.1, 0.15) is 16.9 Å². The summed E-state index contributed by atoms with van der Waals surface area (Å²) in [5, 5.41) is 7.59. The molecule has 0 saturated heterocycles. The van der Waals surface area contributed by atoms with Gasteiger partial charge in [-0.05, 0) is 25.1 Å². The molecular weight excluding hydrogens is 418 g/mol. The van der Waals surface area contributed by atoms with Crippen LogP contribution in [0.25, 0.3) is 22.4 Å². The van der Waals surface area contributed by atoms with Crippen molar-refractivity contribution < 1.29 is 22.8 Å². The number of benzene rings is 2. The van der Waals surface area contributed by atoms with E-state index in [-0.39, 0.29) is 29.7 Å². The van der Waals surface area contributed by atoms with Gasteiger partial charge in [-0.1, -0.05) is 35.0 Å². The third-order valence-corrected chi connectivity index (χ3v) is 4.43. The number of nitrogens with one attached hydrogen (secondary N) is 1. The Bertz CT molecular complexity index is 1260. The zero-order valence-electron chi connectivity index (χ0n) is 15.4. The van der Waals surface area contributed by atoms with Crippen molar-refractivity contribution in [2.24, 2.45) is 0 Å². The van der Waals surface area contributed by atoms with Crippen LogP contribution in [0.5, 0.6) is 0 Å². The summed E-state index contributed by atoms with van der Waals surface area (Å²) in [6, 6.07) is 10.1. The predicted molar refractivity (Wildman–Crippen MR) is 106 cm³/mol. The van der Waals surface area contributed by atoms with Crippen molar-refractivity contribution in [3.05, 3.63) is 64.9 Å². The van der Waals surface area contributed by atoms with Crippen LogP contribution in [-0.2, 0) is 4.74 Å². The van der Waals surface area contributed by atoms with Gasteiger partial charge in [0.25, 0.3) is 5.71 Å². The van der Waals surface area contributed by atoms with Gasteiger partial charge >= 0.3 is 5.97 Å². The third-order valence-electron chi connectivity index (χ3n) is 4.11. The fraction of sp³-hybridized carbons (Fsp3) is 0.100. The molecule has 0 aliphatic carbocycles. The third kappa shape index (κ3) is 3.67. The first-order valence-corrected chi connectivity index (χ1v) is 9.17. The first-order valence-electron chi connectivity index (χ1n) is 8.79. The minimum absolute atomic E-state index is 0.00643. The Morgan fingerprint density at radius 1 is 1.17 bits per heavy atom. The number of fused-ring (bicyclic) bond motifs is 1. The van der Waals surface area contributed by atoms with Gasteiger partial charge < -0.3 is 14.6 Å². The maximum absolute atomic E-state index is 13.7. The highest BCUT2D eigenvalue weighted by Crippen LogP contribution is 2.36. The van der Waals surface area contributed by atoms with Crippen LogP contribution >= 0.6 is 11.6 Å². The highest BCUT2D eigenvalue weighted by molar-refractivity contribution is 6.33. The molecule has 0 saturated carbocycles. The molecule has 0 aliphatic rings. The normalized spacial score (nSPS) is 10.9. The van der Waals surface area contributed by atoms with Crippen LogP contribution in [0.15, 0.2) is 47.0 Å². The van der Waals surface area contributed by atoms with E-state index in [0.717, 1.165) is 12.1 Å². The number of anilines is 2. The fourth-order valence-electron chi connectivity index (χ4n) is 2.78. The molecule has 0 radical (unpaired) electrons. The van der Waals surface area contributed by atoms with Crippen molar-refractivity contribution in [2.45, 2.75) is 6.92 Å². The highest BCUT2D eigenvalue weighted by atomic mass is 35.5. The molecular formula is C20H13ClF2N4O3. The molecule has 2 aromatic heterocycles. The molecule has 0 aliphatic heterocycles. The van der Waals surface area contributed by atoms with Gasteiger partial charge in [-0.25, -0.2) is 18.6 Å². The van der Waals surface area contributed by atoms with Crippen molar-refractivity contribution in [1.29, 1.82) is 0 Å². The zero-order valence-corrected chi connectivity index (χ0v) is 16.2. The van der Waals surface area contributed by atoms with Crippen molar-refractivity contribution in [2.75, 3.05) is 11.9 Å². The first-order chi connectivity index (χ1) is 14.5. The van der Waals surface area contributed by atoms with E-state index in [4.69, 9.17) is 20.9 Å². The van der Waals surface area contributed by atoms with Crippen molar-refractivity contribution >= 4 is 40.2 Å². The Hall–Kier alpha value is -3.59. The largest absolute Gasteiger partial charge is 0.460 e. The van der Waals surface area contributed by atoms with E-state index in [1.807, 2.05) is 0 Å². The van der Waals surface area contributed by atoms with Crippen LogP contribution in [0.1, 0.15) is 17.5 Å². The van der Waals surface area contributed by atoms with Gasteiger partial charge in [-0.2, -0.15) is 4.98 Å². The average molecular weight is 431 g/mol. The number of hydrogen-bond acceptors (Lipinski definition) is 7. The first kappa shape index (κ1) is 19.7. The lowest BCUT2D eigenvalue weighted by atomic mass is 10.1. The van der Waals surface area contributed by atoms with Gasteiger partial charge in [0.05, 0.1) is 11.6 Å². The monoisotopic (exact) mass is 430 g/mol. The number of esters is 1. The molecule has 10 heteroatoms. The second-order valence-electron chi connectivity index (χ2n) is 6.06. The summed E-state index contributed by atoms with van der Waals surface area (Å²) in [6.07, 6.45) is 0. The van der Waals surface area contributed by atoms with Crippen LogP contribution in [0.2, 0.25) is 5.02 Å². The van der Waals surface area contributed by atoms with Crippen molar-refractivity contribution in [3.8, 4) is 11.3 Å². The van der Waals surface area contributed by atoms with Crippen LogP contribution in [-0.4, -0.2) is 27.7 Å². The number of hydrogen-bond donors (Lipinski definition) is 1. The quantitative estimate of drug-likeness (QED) is 0.438. The second-order valence-corrected chi connectivity index (χ2v) is 6.47. The van der Waals surface area contributed by atoms with Gasteiger partial charge in [-0.15, -0.1) is 0 Å². The molecule has 0 unspecified atom stereocenters. The molecule has 0 spiro atoms. The number of carbonyl (C=O) groups is 1. The van der Waals surface area contributed by atoms with Crippen LogP contribution in [0.3, 0.4) is 0 Å². The molecule has 0 atom stereocenters. The zero-order chi connectivity index (χ0) is 21.3. The Kier molecular flexibility index (Phi) is 5.28. The number of halogens is 3. The van der Waals surface area contributed by atoms with Gasteiger partial charge in [-0.3, -0.25) is 0 Å². The van der Waals surface area contributed by atoms with Gasteiger partial charge in [0.15, 0.2) is 11.6 Å². The summed E-state index contributed by atoms with van der Waals surface area (Å²) in [6.45, 7) is 1.76. The highest BCUT2D eigenvalue weighted by Gasteiger charge is 2.23. The van der Waals surface area contributed by atoms with Crippen LogP contribution in [0, 0.1) is 11.6 Å². The Balaban J connectivity index is 1.91. The second kappa shape index (κ2) is 8.03. The topological polar surface area (TPSA) is 90.1 Å². The lowest BCUT2D eigenvalue weighted by Crippen LogP contribution is -2.11. The Morgan fingerprint density at radius 3 is 2.70 bits per heavy atom. The molecule has 4 aromatic rings. The Labute approximate surface area is 173 Å². The lowest BCUT2D eigenvalue weighted by Gasteiger charge is -2.09. The van der Waals surface area contributed by atoms with Gasteiger partial charge in [0.2, 0.25) is 5.82 Å². The minimum Gasteiger partial charge on any atom is -0.460 e. The molecule has 7 nitrogen and oxygen atoms in total. The van der Waals surface area contributed by atoms with E-state index in [9.17, 15) is 13.6 Å². The molecule has 2 aromatic carbocycles. The van der Waals surface area contributed by atoms with Crippen LogP contribution in [0.4, 0.5) is 20.3 Å². The van der Waals surface area contributed by atoms with Gasteiger partial charge in [0, 0.05) is 17.3 Å². The number of nitrogens with zero attached hydrogens (tertiary/aromatic N) is 3. The summed E-state index contributed by atoms with van der Waals surface area (Å²) in [4.78, 5) is 20.4. The molecule has 30 heavy (non-hydrogen) atoms. The summed E-state index contributed by atoms with van der Waals surface area (Å²) in [5.74, 6) is -3.01. The minimum atomic E-state index is -1.05. The molecule has 4 rings (SSSR count). The van der Waals surface area contributed by atoms with Crippen molar-refractivity contribution in [1.82, 2.24) is 15.1 Å². The van der Waals surface area contributed by atoms with E-state index in [1.165, 1.54) is 6.07 Å². The summed E-state index contributed by atoms with van der Waals surface area (Å²) < 4.78 is 37.2. The lowest BCUT2D eigenvalue weighted by molar-refractivity contribution is 0.0512. The standard InChI is InChI=1S/C20H13ClF2N4O3/c1-2-29-20(28)18-25-17(24-10-7-8-13(22)14(23)9-10)15-16(27-30-19(15)26-18)11-5-3-4-6-12(11)21/h3-9H,2H2,1H3,(H,24,25,26). The summed E-state index contributed by atoms with van der Waals surface area (Å²) in [7, 11) is 0. The van der Waals surface area contributed by atoms with E-state index in [0.29, 0.717) is 21.7 Å². The van der Waals surface area contributed by atoms with Crippen molar-refractivity contribution in [3.63, 3.8) is 0 Å². The molecule has 0 fully saturated rings. The number of aromatic nitrogens is 3. The average Bonchev–Trinajstić information content (AvgIpc) is 3.15. The predicted octanol–water partition coefficient (Wildman–Crippen LogP) is 5.14. The summed E-state index contributed by atoms with van der Waals surface area (Å²) >= 11 is 6.28. The number of ether oxygens (including phenoxy) is 1. The maximum Gasteiger partial charge on any atom is 0.376 e. The van der Waals surface area contributed by atoms with E-state index < -0.39 is 17.6 Å². The molecule has 2 heterocycles. The molecule has 1 N–H and O–H groups in total. The smallest absolute Gasteiger partial charge is 0.376 e. The number of carbonyl (C=O) groups excluding carboxylic acids is 1. The maximum atomic E-state index is 13.7. The molecule has 0 amide bonds. The van der Waals surface area contributed by atoms with E-state index >= 15 is 0 Å². The van der Waals surface area contributed by atoms with E-state index in [1.54, 1.807) is 31.2 Å². The Morgan fingerprint density at radius 2 is 1.97 bits per heavy atom. The molecule has 152 valence electrons. The fourth-order valence-corrected chi connectivity index (χ4v) is 3.00.